The Balaban J connectivity index is 2.83. The highest BCUT2D eigenvalue weighted by Gasteiger charge is 2.12. The van der Waals surface area contributed by atoms with Crippen molar-refractivity contribution >= 4 is 5.82 Å². The number of anilines is 1. The van der Waals surface area contributed by atoms with Crippen LogP contribution < -0.4 is 16.6 Å². The van der Waals surface area contributed by atoms with Crippen molar-refractivity contribution in [2.45, 2.75) is 46.2 Å². The minimum atomic E-state index is -0.0680. The second kappa shape index (κ2) is 7.16. The van der Waals surface area contributed by atoms with Gasteiger partial charge in [0.15, 0.2) is 5.82 Å². The topological polar surface area (TPSA) is 72.9 Å². The fraction of sp³-hybridized carbons (Fsp3) is 0.692. The van der Waals surface area contributed by atoms with E-state index in [2.05, 4.69) is 24.1 Å². The first-order chi connectivity index (χ1) is 8.58. The third-order valence-corrected chi connectivity index (χ3v) is 2.76. The van der Waals surface area contributed by atoms with Crippen molar-refractivity contribution in [2.24, 2.45) is 11.7 Å². The maximum atomic E-state index is 12.1. The van der Waals surface area contributed by atoms with Crippen molar-refractivity contribution < 1.29 is 0 Å². The Bertz CT molecular complexity index is 414. The van der Waals surface area contributed by atoms with Gasteiger partial charge < -0.3 is 15.6 Å². The molecule has 1 heterocycles. The Labute approximate surface area is 108 Å². The molecule has 5 heteroatoms. The number of aryl methyl sites for hydroxylation is 1. The Morgan fingerprint density at radius 2 is 2.22 bits per heavy atom. The Kier molecular flexibility index (Phi) is 5.85. The smallest absolute Gasteiger partial charge is 0.293 e. The molecule has 0 aliphatic heterocycles. The highest BCUT2D eigenvalue weighted by Crippen LogP contribution is 2.07. The van der Waals surface area contributed by atoms with Crippen molar-refractivity contribution in [3.05, 3.63) is 22.7 Å². The van der Waals surface area contributed by atoms with E-state index in [-0.39, 0.29) is 11.6 Å². The highest BCUT2D eigenvalue weighted by atomic mass is 16.1. The Morgan fingerprint density at radius 1 is 1.50 bits per heavy atom. The summed E-state index contributed by atoms with van der Waals surface area (Å²) >= 11 is 0. The van der Waals surface area contributed by atoms with Gasteiger partial charge in [0.2, 0.25) is 0 Å². The van der Waals surface area contributed by atoms with Crippen molar-refractivity contribution in [3.63, 3.8) is 0 Å². The first-order valence-corrected chi connectivity index (χ1v) is 6.60. The molecule has 0 aliphatic rings. The fourth-order valence-electron chi connectivity index (χ4n) is 1.94. The van der Waals surface area contributed by atoms with Crippen LogP contribution in [0.25, 0.3) is 0 Å². The number of hydrogen-bond acceptors (Lipinski definition) is 4. The van der Waals surface area contributed by atoms with Crippen LogP contribution in [0, 0.1) is 5.92 Å². The molecular weight excluding hydrogens is 228 g/mol. The molecule has 0 aromatic carbocycles. The molecule has 0 spiro atoms. The van der Waals surface area contributed by atoms with Crippen molar-refractivity contribution in [2.75, 3.05) is 11.9 Å². The van der Waals surface area contributed by atoms with E-state index in [0.29, 0.717) is 24.8 Å². The van der Waals surface area contributed by atoms with Crippen molar-refractivity contribution in [1.29, 1.82) is 0 Å². The molecule has 0 saturated heterocycles. The summed E-state index contributed by atoms with van der Waals surface area (Å²) in [5.41, 5.74) is 5.65. The van der Waals surface area contributed by atoms with E-state index in [1.165, 1.54) is 0 Å². The number of hydrogen-bond donors (Lipinski definition) is 2. The maximum absolute atomic E-state index is 12.1. The van der Waals surface area contributed by atoms with Gasteiger partial charge in [-0.25, -0.2) is 4.98 Å². The lowest BCUT2D eigenvalue weighted by molar-refractivity contribution is 0.519. The van der Waals surface area contributed by atoms with Gasteiger partial charge in [-0.1, -0.05) is 20.8 Å². The van der Waals surface area contributed by atoms with E-state index in [1.807, 2.05) is 6.92 Å². The van der Waals surface area contributed by atoms with Crippen LogP contribution in [-0.4, -0.2) is 22.1 Å². The zero-order valence-electron chi connectivity index (χ0n) is 11.5. The summed E-state index contributed by atoms with van der Waals surface area (Å²) in [5, 5.41) is 3.16. The summed E-state index contributed by atoms with van der Waals surface area (Å²) in [7, 11) is 0. The molecule has 0 aliphatic carbocycles. The summed E-state index contributed by atoms with van der Waals surface area (Å²) < 4.78 is 1.68. The largest absolute Gasteiger partial charge is 0.361 e. The molecule has 0 radical (unpaired) electrons. The minimum Gasteiger partial charge on any atom is -0.361 e. The molecule has 1 rings (SSSR count). The van der Waals surface area contributed by atoms with Gasteiger partial charge in [0.1, 0.15) is 0 Å². The van der Waals surface area contributed by atoms with Crippen molar-refractivity contribution in [3.8, 4) is 0 Å². The van der Waals surface area contributed by atoms with E-state index in [0.717, 1.165) is 12.8 Å². The molecule has 1 aromatic rings. The van der Waals surface area contributed by atoms with E-state index in [1.54, 1.807) is 17.0 Å². The third-order valence-electron chi connectivity index (χ3n) is 2.76. The first-order valence-electron chi connectivity index (χ1n) is 6.60. The molecule has 1 unspecified atom stereocenters. The average molecular weight is 252 g/mol. The van der Waals surface area contributed by atoms with Crippen LogP contribution in [0.1, 0.15) is 33.6 Å². The number of nitrogens with one attached hydrogen (secondary N) is 1. The van der Waals surface area contributed by atoms with Crippen LogP contribution in [0.4, 0.5) is 5.82 Å². The molecule has 18 heavy (non-hydrogen) atoms. The zero-order valence-corrected chi connectivity index (χ0v) is 11.5. The molecule has 0 saturated carbocycles. The Hall–Kier alpha value is -1.36. The fourth-order valence-corrected chi connectivity index (χ4v) is 1.94. The molecule has 1 aromatic heterocycles. The first kappa shape index (κ1) is 14.7. The predicted octanol–water partition coefficient (Wildman–Crippen LogP) is 1.44. The minimum absolute atomic E-state index is 0.0680. The lowest BCUT2D eigenvalue weighted by Crippen LogP contribution is -2.34. The number of nitrogens with two attached hydrogens (primary N) is 1. The van der Waals surface area contributed by atoms with E-state index in [9.17, 15) is 4.79 Å². The van der Waals surface area contributed by atoms with Crippen LogP contribution >= 0.6 is 0 Å². The van der Waals surface area contributed by atoms with Gasteiger partial charge in [-0.3, -0.25) is 4.79 Å². The second-order valence-corrected chi connectivity index (χ2v) is 4.98. The summed E-state index contributed by atoms with van der Waals surface area (Å²) in [6.07, 6.45) is 5.23. The summed E-state index contributed by atoms with van der Waals surface area (Å²) in [5.74, 6) is 0.940. The van der Waals surface area contributed by atoms with E-state index < -0.39 is 0 Å². The Morgan fingerprint density at radius 3 is 2.78 bits per heavy atom. The molecular formula is C13H24N4O. The number of aromatic nitrogens is 2. The van der Waals surface area contributed by atoms with E-state index >= 15 is 0 Å². The summed E-state index contributed by atoms with van der Waals surface area (Å²) in [4.78, 5) is 16.2. The molecule has 102 valence electrons. The summed E-state index contributed by atoms with van der Waals surface area (Å²) in [6.45, 7) is 7.53. The monoisotopic (exact) mass is 252 g/mol. The molecule has 3 N–H and O–H groups in total. The molecule has 1 atom stereocenters. The molecule has 5 nitrogen and oxygen atoms in total. The number of nitrogens with zero attached hydrogens (tertiary/aromatic N) is 2. The van der Waals surface area contributed by atoms with Crippen LogP contribution in [-0.2, 0) is 6.54 Å². The highest BCUT2D eigenvalue weighted by molar-refractivity contribution is 5.32. The number of rotatable bonds is 7. The maximum Gasteiger partial charge on any atom is 0.293 e. The third kappa shape index (κ3) is 4.14. The van der Waals surface area contributed by atoms with Crippen molar-refractivity contribution in [1.82, 2.24) is 9.55 Å². The molecule has 0 fully saturated rings. The van der Waals surface area contributed by atoms with Gasteiger partial charge in [-0.15, -0.1) is 0 Å². The van der Waals surface area contributed by atoms with Gasteiger partial charge in [0, 0.05) is 31.5 Å². The lowest BCUT2D eigenvalue weighted by Gasteiger charge is -2.19. The lowest BCUT2D eigenvalue weighted by atomic mass is 10.0. The van der Waals surface area contributed by atoms with Gasteiger partial charge in [0.25, 0.3) is 5.56 Å². The van der Waals surface area contributed by atoms with E-state index in [4.69, 9.17) is 5.73 Å². The van der Waals surface area contributed by atoms with Crippen LogP contribution in [0.2, 0.25) is 0 Å². The van der Waals surface area contributed by atoms with Gasteiger partial charge in [0.05, 0.1) is 0 Å². The normalized spacial score (nSPS) is 12.7. The van der Waals surface area contributed by atoms with Crippen LogP contribution in [0.15, 0.2) is 17.2 Å². The standard InChI is InChI=1S/C13H24N4O/c1-4-6-17-7-5-15-12(13(17)18)16-11(9-14)8-10(2)3/h5,7,10-11H,4,6,8-9,14H2,1-3H3,(H,15,16). The summed E-state index contributed by atoms with van der Waals surface area (Å²) in [6, 6.07) is 0.0997. The quantitative estimate of drug-likeness (QED) is 0.770. The van der Waals surface area contributed by atoms with Gasteiger partial charge in [-0.2, -0.15) is 0 Å². The zero-order chi connectivity index (χ0) is 13.5. The SMILES string of the molecule is CCCn1ccnc(NC(CN)CC(C)C)c1=O. The average Bonchev–Trinajstić information content (AvgIpc) is 2.33. The molecule has 0 bridgehead atoms. The van der Waals surface area contributed by atoms with Gasteiger partial charge >= 0.3 is 0 Å². The van der Waals surface area contributed by atoms with Crippen LogP contribution in [0.3, 0.4) is 0 Å². The van der Waals surface area contributed by atoms with Gasteiger partial charge in [-0.05, 0) is 18.8 Å². The predicted molar refractivity (Wildman–Crippen MR) is 74.7 cm³/mol. The second-order valence-electron chi connectivity index (χ2n) is 4.98. The van der Waals surface area contributed by atoms with Crippen LogP contribution in [0.5, 0.6) is 0 Å². The molecule has 0 amide bonds.